The van der Waals surface area contributed by atoms with Crippen LogP contribution in [0.2, 0.25) is 0 Å². The zero-order valence-corrected chi connectivity index (χ0v) is 10.5. The van der Waals surface area contributed by atoms with Gasteiger partial charge in [-0.1, -0.05) is 6.92 Å². The van der Waals surface area contributed by atoms with E-state index in [0.717, 1.165) is 13.1 Å². The molecule has 0 aliphatic rings. The number of rotatable bonds is 4. The first-order valence-corrected chi connectivity index (χ1v) is 6.38. The van der Waals surface area contributed by atoms with E-state index in [1.165, 1.54) is 21.6 Å². The van der Waals surface area contributed by atoms with Crippen LogP contribution in [0, 0.1) is 6.92 Å². The number of nitrogens with one attached hydrogen (secondary N) is 1. The van der Waals surface area contributed by atoms with E-state index in [1.54, 1.807) is 11.3 Å². The van der Waals surface area contributed by atoms with Gasteiger partial charge in [0.15, 0.2) is 0 Å². The van der Waals surface area contributed by atoms with Crippen LogP contribution in [0.5, 0.6) is 0 Å². The van der Waals surface area contributed by atoms with Gasteiger partial charge >= 0.3 is 0 Å². The van der Waals surface area contributed by atoms with Gasteiger partial charge in [0.05, 0.1) is 0 Å². The molecular weight excluding hydrogens is 216 g/mol. The Hall–Kier alpha value is -1.19. The zero-order valence-electron chi connectivity index (χ0n) is 9.66. The monoisotopic (exact) mass is 232 g/mol. The van der Waals surface area contributed by atoms with Crippen LogP contribution in [0.25, 0.3) is 10.4 Å². The number of aryl methyl sites for hydroxylation is 1. The molecule has 0 aliphatic carbocycles. The zero-order chi connectivity index (χ0) is 11.4. The second-order valence-corrected chi connectivity index (χ2v) is 4.71. The molecule has 2 aromatic rings. The minimum atomic E-state index is 0.891. The maximum Gasteiger partial charge on any atom is 0.0387 e. The Morgan fingerprint density at radius 1 is 1.38 bits per heavy atom. The van der Waals surface area contributed by atoms with E-state index >= 15 is 0 Å². The quantitative estimate of drug-likeness (QED) is 0.875. The minimum absolute atomic E-state index is 0.891. The third-order valence-electron chi connectivity index (χ3n) is 2.50. The SMILES string of the molecule is CCNCc1cncc(-c2sccc2C)c1. The number of aromatic nitrogens is 1. The molecule has 0 amide bonds. The van der Waals surface area contributed by atoms with Crippen LogP contribution >= 0.6 is 11.3 Å². The average molecular weight is 232 g/mol. The fraction of sp³-hybridized carbons (Fsp3) is 0.308. The summed E-state index contributed by atoms with van der Waals surface area (Å²) in [5.74, 6) is 0. The molecule has 2 aromatic heterocycles. The molecule has 0 aromatic carbocycles. The lowest BCUT2D eigenvalue weighted by molar-refractivity contribution is 0.724. The summed E-state index contributed by atoms with van der Waals surface area (Å²) < 4.78 is 0. The van der Waals surface area contributed by atoms with E-state index in [9.17, 15) is 0 Å². The van der Waals surface area contributed by atoms with Gasteiger partial charge in [0, 0.05) is 29.4 Å². The molecule has 1 N–H and O–H groups in total. The Balaban J connectivity index is 2.26. The highest BCUT2D eigenvalue weighted by Gasteiger charge is 2.04. The molecular formula is C13H16N2S. The van der Waals surface area contributed by atoms with Crippen molar-refractivity contribution in [2.24, 2.45) is 0 Å². The second kappa shape index (κ2) is 5.23. The summed E-state index contributed by atoms with van der Waals surface area (Å²) in [6.45, 7) is 6.13. The molecule has 0 saturated heterocycles. The van der Waals surface area contributed by atoms with Crippen LogP contribution in [0.4, 0.5) is 0 Å². The van der Waals surface area contributed by atoms with Gasteiger partial charge in [0.25, 0.3) is 0 Å². The van der Waals surface area contributed by atoms with Crippen LogP contribution in [-0.4, -0.2) is 11.5 Å². The van der Waals surface area contributed by atoms with Crippen molar-refractivity contribution in [2.45, 2.75) is 20.4 Å². The molecule has 0 atom stereocenters. The van der Waals surface area contributed by atoms with Crippen molar-refractivity contribution < 1.29 is 0 Å². The first-order chi connectivity index (χ1) is 7.81. The van der Waals surface area contributed by atoms with Crippen LogP contribution in [0.3, 0.4) is 0 Å². The lowest BCUT2D eigenvalue weighted by atomic mass is 10.1. The molecule has 0 radical (unpaired) electrons. The fourth-order valence-corrected chi connectivity index (χ4v) is 2.56. The van der Waals surface area contributed by atoms with Gasteiger partial charge in [-0.2, -0.15) is 0 Å². The molecule has 16 heavy (non-hydrogen) atoms. The Bertz CT molecular complexity index is 462. The van der Waals surface area contributed by atoms with E-state index in [2.05, 4.69) is 41.7 Å². The summed E-state index contributed by atoms with van der Waals surface area (Å²) >= 11 is 1.77. The Kier molecular flexibility index (Phi) is 3.70. The van der Waals surface area contributed by atoms with Gasteiger partial charge in [-0.25, -0.2) is 0 Å². The molecule has 0 spiro atoms. The normalized spacial score (nSPS) is 10.6. The molecule has 3 heteroatoms. The van der Waals surface area contributed by atoms with E-state index in [-0.39, 0.29) is 0 Å². The summed E-state index contributed by atoms with van der Waals surface area (Å²) in [5.41, 5.74) is 3.79. The maximum absolute atomic E-state index is 4.30. The van der Waals surface area contributed by atoms with E-state index in [4.69, 9.17) is 0 Å². The molecule has 0 bridgehead atoms. The molecule has 2 rings (SSSR count). The summed E-state index contributed by atoms with van der Waals surface area (Å²) in [5, 5.41) is 5.44. The minimum Gasteiger partial charge on any atom is -0.313 e. The number of pyridine rings is 1. The molecule has 0 unspecified atom stereocenters. The molecule has 2 heterocycles. The summed E-state index contributed by atoms with van der Waals surface area (Å²) in [7, 11) is 0. The summed E-state index contributed by atoms with van der Waals surface area (Å²) in [4.78, 5) is 5.63. The molecule has 2 nitrogen and oxygen atoms in total. The van der Waals surface area contributed by atoms with Crippen LogP contribution in [0.1, 0.15) is 18.1 Å². The van der Waals surface area contributed by atoms with E-state index in [1.807, 2.05) is 12.4 Å². The van der Waals surface area contributed by atoms with Gasteiger partial charge in [-0.3, -0.25) is 4.98 Å². The first-order valence-electron chi connectivity index (χ1n) is 5.50. The van der Waals surface area contributed by atoms with Crippen molar-refractivity contribution in [3.05, 3.63) is 41.0 Å². The summed E-state index contributed by atoms with van der Waals surface area (Å²) in [6.07, 6.45) is 3.86. The number of thiophene rings is 1. The number of hydrogen-bond donors (Lipinski definition) is 1. The van der Waals surface area contributed by atoms with Crippen molar-refractivity contribution in [1.29, 1.82) is 0 Å². The van der Waals surface area contributed by atoms with Crippen molar-refractivity contribution in [1.82, 2.24) is 10.3 Å². The first kappa shape index (κ1) is 11.3. The third kappa shape index (κ3) is 2.49. The number of nitrogens with zero attached hydrogens (tertiary/aromatic N) is 1. The molecule has 0 fully saturated rings. The smallest absolute Gasteiger partial charge is 0.0387 e. The second-order valence-electron chi connectivity index (χ2n) is 3.79. The van der Waals surface area contributed by atoms with Gasteiger partial charge in [0.2, 0.25) is 0 Å². The highest BCUT2D eigenvalue weighted by Crippen LogP contribution is 2.28. The van der Waals surface area contributed by atoms with E-state index < -0.39 is 0 Å². The molecule has 84 valence electrons. The number of hydrogen-bond acceptors (Lipinski definition) is 3. The molecule has 0 saturated carbocycles. The van der Waals surface area contributed by atoms with Gasteiger partial charge in [0.1, 0.15) is 0 Å². The highest BCUT2D eigenvalue weighted by atomic mass is 32.1. The third-order valence-corrected chi connectivity index (χ3v) is 3.56. The Morgan fingerprint density at radius 2 is 2.25 bits per heavy atom. The fourth-order valence-electron chi connectivity index (χ4n) is 1.65. The van der Waals surface area contributed by atoms with Crippen LogP contribution in [-0.2, 0) is 6.54 Å². The molecule has 0 aliphatic heterocycles. The van der Waals surface area contributed by atoms with Crippen molar-refractivity contribution in [3.63, 3.8) is 0 Å². The van der Waals surface area contributed by atoms with Crippen molar-refractivity contribution in [2.75, 3.05) is 6.54 Å². The van der Waals surface area contributed by atoms with Gasteiger partial charge in [-0.15, -0.1) is 11.3 Å². The Labute approximate surface area is 100 Å². The van der Waals surface area contributed by atoms with Crippen LogP contribution in [0.15, 0.2) is 29.9 Å². The highest BCUT2D eigenvalue weighted by molar-refractivity contribution is 7.13. The van der Waals surface area contributed by atoms with Gasteiger partial charge in [-0.05, 0) is 42.1 Å². The topological polar surface area (TPSA) is 24.9 Å². The van der Waals surface area contributed by atoms with E-state index in [0.29, 0.717) is 0 Å². The summed E-state index contributed by atoms with van der Waals surface area (Å²) in [6, 6.07) is 4.37. The average Bonchev–Trinajstić information content (AvgIpc) is 2.73. The lowest BCUT2D eigenvalue weighted by Crippen LogP contribution is -2.11. The van der Waals surface area contributed by atoms with Crippen molar-refractivity contribution >= 4 is 11.3 Å². The van der Waals surface area contributed by atoms with Crippen LogP contribution < -0.4 is 5.32 Å². The van der Waals surface area contributed by atoms with Crippen molar-refractivity contribution in [3.8, 4) is 10.4 Å². The predicted octanol–water partition coefficient (Wildman–Crippen LogP) is 3.23. The maximum atomic E-state index is 4.30. The largest absolute Gasteiger partial charge is 0.313 e. The van der Waals surface area contributed by atoms with Gasteiger partial charge < -0.3 is 5.32 Å². The Morgan fingerprint density at radius 3 is 2.94 bits per heavy atom. The lowest BCUT2D eigenvalue weighted by Gasteiger charge is -2.04. The predicted molar refractivity (Wildman–Crippen MR) is 69.7 cm³/mol. The standard InChI is InChI=1S/C13H16N2S/c1-3-14-7-11-6-12(9-15-8-11)13-10(2)4-5-16-13/h4-6,8-9,14H,3,7H2,1-2H3.